The fraction of sp³-hybridized carbons (Fsp3) is 0.769. The second kappa shape index (κ2) is 4.48. The molecule has 2 amide bonds. The number of amides is 2. The van der Waals surface area contributed by atoms with Crippen LogP contribution >= 0.6 is 0 Å². The molecule has 0 N–H and O–H groups in total. The summed E-state index contributed by atoms with van der Waals surface area (Å²) in [6.07, 6.45) is 5.67. The van der Waals surface area contributed by atoms with Crippen LogP contribution in [0.15, 0.2) is 0 Å². The molecular weight excluding hydrogens is 216 g/mol. The SMILES string of the molecule is CCC(C#N)N1C(=O)CC2(CCCCC2)C1=O. The Morgan fingerprint density at radius 2 is 2.00 bits per heavy atom. The smallest absolute Gasteiger partial charge is 0.237 e. The first-order valence-electron chi connectivity index (χ1n) is 6.41. The highest BCUT2D eigenvalue weighted by Gasteiger charge is 2.53. The molecule has 0 aromatic heterocycles. The van der Waals surface area contributed by atoms with E-state index in [9.17, 15) is 9.59 Å². The largest absolute Gasteiger partial charge is 0.274 e. The summed E-state index contributed by atoms with van der Waals surface area (Å²) in [5.41, 5.74) is -0.459. The highest BCUT2D eigenvalue weighted by Crippen LogP contribution is 2.45. The number of imide groups is 1. The van der Waals surface area contributed by atoms with E-state index >= 15 is 0 Å². The maximum Gasteiger partial charge on any atom is 0.237 e. The number of nitriles is 1. The van der Waals surface area contributed by atoms with Crippen molar-refractivity contribution in [1.29, 1.82) is 5.26 Å². The van der Waals surface area contributed by atoms with Crippen molar-refractivity contribution in [2.24, 2.45) is 5.41 Å². The van der Waals surface area contributed by atoms with E-state index in [-0.39, 0.29) is 11.8 Å². The Labute approximate surface area is 102 Å². The van der Waals surface area contributed by atoms with Crippen LogP contribution in [0.4, 0.5) is 0 Å². The Morgan fingerprint density at radius 3 is 2.53 bits per heavy atom. The summed E-state index contributed by atoms with van der Waals surface area (Å²) >= 11 is 0. The Bertz CT molecular complexity index is 377. The molecule has 1 saturated carbocycles. The summed E-state index contributed by atoms with van der Waals surface area (Å²) in [6, 6.07) is 1.49. The lowest BCUT2D eigenvalue weighted by Crippen LogP contribution is -2.42. The van der Waals surface area contributed by atoms with Crippen molar-refractivity contribution in [1.82, 2.24) is 4.90 Å². The zero-order valence-corrected chi connectivity index (χ0v) is 10.2. The van der Waals surface area contributed by atoms with Crippen LogP contribution in [-0.2, 0) is 9.59 Å². The molecule has 1 aliphatic carbocycles. The van der Waals surface area contributed by atoms with Gasteiger partial charge in [0.2, 0.25) is 11.8 Å². The lowest BCUT2D eigenvalue weighted by atomic mass is 9.73. The van der Waals surface area contributed by atoms with E-state index in [1.54, 1.807) is 0 Å². The first-order chi connectivity index (χ1) is 8.14. The number of hydrogen-bond donors (Lipinski definition) is 0. The molecular formula is C13H18N2O2. The zero-order valence-electron chi connectivity index (χ0n) is 10.2. The van der Waals surface area contributed by atoms with Crippen LogP contribution < -0.4 is 0 Å². The van der Waals surface area contributed by atoms with Gasteiger partial charge >= 0.3 is 0 Å². The van der Waals surface area contributed by atoms with Crippen LogP contribution in [0.2, 0.25) is 0 Å². The van der Waals surface area contributed by atoms with Gasteiger partial charge in [-0.3, -0.25) is 14.5 Å². The minimum atomic E-state index is -0.573. The molecule has 1 spiro atoms. The van der Waals surface area contributed by atoms with Crippen LogP contribution in [-0.4, -0.2) is 22.8 Å². The minimum absolute atomic E-state index is 0.0874. The van der Waals surface area contributed by atoms with Gasteiger partial charge in [-0.05, 0) is 19.3 Å². The third-order valence-corrected chi connectivity index (χ3v) is 4.09. The summed E-state index contributed by atoms with van der Waals surface area (Å²) in [6.45, 7) is 1.83. The lowest BCUT2D eigenvalue weighted by molar-refractivity contribution is -0.143. The van der Waals surface area contributed by atoms with Crippen LogP contribution in [0.25, 0.3) is 0 Å². The molecule has 2 rings (SSSR count). The fourth-order valence-electron chi connectivity index (χ4n) is 3.09. The van der Waals surface area contributed by atoms with E-state index in [1.807, 2.05) is 6.92 Å². The van der Waals surface area contributed by atoms with Crippen molar-refractivity contribution in [2.75, 3.05) is 0 Å². The Balaban J connectivity index is 2.24. The maximum atomic E-state index is 12.4. The number of rotatable bonds is 2. The highest BCUT2D eigenvalue weighted by molar-refractivity contribution is 6.06. The topological polar surface area (TPSA) is 61.2 Å². The van der Waals surface area contributed by atoms with E-state index < -0.39 is 11.5 Å². The molecule has 0 aromatic carbocycles. The first kappa shape index (κ1) is 12.1. The van der Waals surface area contributed by atoms with Crippen molar-refractivity contribution in [3.05, 3.63) is 0 Å². The normalized spacial score (nSPS) is 25.1. The standard InChI is InChI=1S/C13H18N2O2/c1-2-10(9-14)15-11(16)8-13(12(15)17)6-4-3-5-7-13/h10H,2-8H2,1H3. The van der Waals surface area contributed by atoms with Crippen LogP contribution in [0.5, 0.6) is 0 Å². The van der Waals surface area contributed by atoms with Gasteiger partial charge in [0.05, 0.1) is 11.5 Å². The number of carbonyl (C=O) groups is 2. The van der Waals surface area contributed by atoms with Gasteiger partial charge in [-0.15, -0.1) is 0 Å². The van der Waals surface area contributed by atoms with Crippen molar-refractivity contribution in [2.45, 2.75) is 57.9 Å². The molecule has 1 unspecified atom stereocenters. The molecule has 0 bridgehead atoms. The second-order valence-electron chi connectivity index (χ2n) is 5.14. The summed E-state index contributed by atoms with van der Waals surface area (Å²) in [5, 5.41) is 9.01. The predicted octanol–water partition coefficient (Wildman–Crippen LogP) is 2.00. The predicted molar refractivity (Wildman–Crippen MR) is 61.7 cm³/mol. The third-order valence-electron chi connectivity index (χ3n) is 4.09. The van der Waals surface area contributed by atoms with Gasteiger partial charge < -0.3 is 0 Å². The third kappa shape index (κ3) is 1.84. The highest BCUT2D eigenvalue weighted by atomic mass is 16.2. The fourth-order valence-corrected chi connectivity index (χ4v) is 3.09. The van der Waals surface area contributed by atoms with Gasteiger partial charge in [-0.2, -0.15) is 5.26 Å². The van der Waals surface area contributed by atoms with Gasteiger partial charge in [-0.1, -0.05) is 26.2 Å². The molecule has 1 saturated heterocycles. The van der Waals surface area contributed by atoms with E-state index in [0.717, 1.165) is 32.1 Å². The van der Waals surface area contributed by atoms with Gasteiger partial charge in [-0.25, -0.2) is 0 Å². The van der Waals surface area contributed by atoms with Crippen LogP contribution in [0.1, 0.15) is 51.9 Å². The number of likely N-dealkylation sites (tertiary alicyclic amines) is 1. The molecule has 92 valence electrons. The van der Waals surface area contributed by atoms with E-state index in [4.69, 9.17) is 5.26 Å². The molecule has 1 heterocycles. The molecule has 1 atom stereocenters. The molecule has 2 aliphatic rings. The van der Waals surface area contributed by atoms with Crippen molar-refractivity contribution < 1.29 is 9.59 Å². The molecule has 2 fully saturated rings. The molecule has 4 heteroatoms. The molecule has 17 heavy (non-hydrogen) atoms. The van der Waals surface area contributed by atoms with Crippen LogP contribution in [0, 0.1) is 16.7 Å². The van der Waals surface area contributed by atoms with Gasteiger partial charge in [0, 0.05) is 6.42 Å². The van der Waals surface area contributed by atoms with Crippen molar-refractivity contribution in [3.8, 4) is 6.07 Å². The monoisotopic (exact) mass is 234 g/mol. The van der Waals surface area contributed by atoms with Gasteiger partial charge in [0.25, 0.3) is 0 Å². The van der Waals surface area contributed by atoms with E-state index in [0.29, 0.717) is 12.8 Å². The Morgan fingerprint density at radius 1 is 1.35 bits per heavy atom. The van der Waals surface area contributed by atoms with Gasteiger partial charge in [0.15, 0.2) is 0 Å². The maximum absolute atomic E-state index is 12.4. The van der Waals surface area contributed by atoms with Crippen molar-refractivity contribution in [3.63, 3.8) is 0 Å². The van der Waals surface area contributed by atoms with Crippen LogP contribution in [0.3, 0.4) is 0 Å². The Hall–Kier alpha value is -1.37. The van der Waals surface area contributed by atoms with Gasteiger partial charge in [0.1, 0.15) is 6.04 Å². The van der Waals surface area contributed by atoms with E-state index in [1.165, 1.54) is 4.90 Å². The molecule has 0 radical (unpaired) electrons. The Kier molecular flexibility index (Phi) is 3.19. The lowest BCUT2D eigenvalue weighted by Gasteiger charge is -2.31. The molecule has 1 aliphatic heterocycles. The van der Waals surface area contributed by atoms with E-state index in [2.05, 4.69) is 6.07 Å². The molecule has 0 aromatic rings. The molecule has 4 nitrogen and oxygen atoms in total. The number of hydrogen-bond acceptors (Lipinski definition) is 3. The quantitative estimate of drug-likeness (QED) is 0.686. The number of nitrogens with zero attached hydrogens (tertiary/aromatic N) is 2. The van der Waals surface area contributed by atoms with Crippen molar-refractivity contribution >= 4 is 11.8 Å². The minimum Gasteiger partial charge on any atom is -0.274 e. The summed E-state index contributed by atoms with van der Waals surface area (Å²) in [7, 11) is 0. The second-order valence-corrected chi connectivity index (χ2v) is 5.14. The summed E-state index contributed by atoms with van der Waals surface area (Å²) < 4.78 is 0. The summed E-state index contributed by atoms with van der Waals surface area (Å²) in [4.78, 5) is 25.6. The average Bonchev–Trinajstić information content (AvgIpc) is 2.56. The first-order valence-corrected chi connectivity index (χ1v) is 6.41. The number of carbonyl (C=O) groups excluding carboxylic acids is 2. The average molecular weight is 234 g/mol. The zero-order chi connectivity index (χ0) is 12.5. The summed E-state index contributed by atoms with van der Waals surface area (Å²) in [5.74, 6) is -0.235.